The molecule has 0 fully saturated rings. The highest BCUT2D eigenvalue weighted by Gasteiger charge is 1.89. The van der Waals surface area contributed by atoms with E-state index in [1.807, 2.05) is 43.3 Å². The predicted octanol–water partition coefficient (Wildman–Crippen LogP) is 2.85. The zero-order chi connectivity index (χ0) is 11.1. The van der Waals surface area contributed by atoms with Crippen molar-refractivity contribution in [1.82, 2.24) is 0 Å². The average Bonchev–Trinajstić information content (AvgIpc) is 2.27. The molecule has 0 amide bonds. The highest BCUT2D eigenvalue weighted by Crippen LogP contribution is 2.12. The normalized spacial score (nSPS) is 11.7. The number of rotatable bonds is 4. The summed E-state index contributed by atoms with van der Waals surface area (Å²) in [7, 11) is 1.64. The van der Waals surface area contributed by atoms with Crippen LogP contribution in [-0.4, -0.2) is 13.4 Å². The van der Waals surface area contributed by atoms with Crippen LogP contribution in [0.5, 0.6) is 5.75 Å². The lowest BCUT2D eigenvalue weighted by Gasteiger charge is -1.98. The molecule has 0 heterocycles. The molecule has 0 bridgehead atoms. The van der Waals surface area contributed by atoms with Crippen LogP contribution in [0, 0.1) is 0 Å². The van der Waals surface area contributed by atoms with Crippen molar-refractivity contribution in [2.45, 2.75) is 6.92 Å². The van der Waals surface area contributed by atoms with Gasteiger partial charge in [-0.3, -0.25) is 4.79 Å². The van der Waals surface area contributed by atoms with Gasteiger partial charge in [-0.2, -0.15) is 0 Å². The van der Waals surface area contributed by atoms with Gasteiger partial charge in [-0.05, 0) is 36.3 Å². The molecule has 1 aromatic rings. The lowest BCUT2D eigenvalue weighted by atomic mass is 10.1. The molecule has 0 spiro atoms. The number of hydrogen-bond acceptors (Lipinski definition) is 2. The van der Waals surface area contributed by atoms with E-state index in [9.17, 15) is 4.79 Å². The quantitative estimate of drug-likeness (QED) is 0.426. The molecule has 2 nitrogen and oxygen atoms in total. The van der Waals surface area contributed by atoms with Crippen LogP contribution in [0.25, 0.3) is 6.08 Å². The van der Waals surface area contributed by atoms with Crippen LogP contribution in [0.4, 0.5) is 0 Å². The Hall–Kier alpha value is -1.83. The zero-order valence-electron chi connectivity index (χ0n) is 8.94. The number of methoxy groups -OCH3 is 1. The van der Waals surface area contributed by atoms with E-state index in [4.69, 9.17) is 4.74 Å². The van der Waals surface area contributed by atoms with Crippen LogP contribution < -0.4 is 4.74 Å². The maximum absolute atomic E-state index is 10.2. The number of ether oxygens (including phenoxy) is 1. The van der Waals surface area contributed by atoms with Gasteiger partial charge < -0.3 is 4.74 Å². The molecule has 0 unspecified atom stereocenters. The molecule has 0 saturated heterocycles. The maximum atomic E-state index is 10.2. The van der Waals surface area contributed by atoms with Crippen LogP contribution in [0.2, 0.25) is 0 Å². The summed E-state index contributed by atoms with van der Waals surface area (Å²) in [6.45, 7) is 1.88. The standard InChI is InChI=1S/C13H14O2/c1-11(9-10-14)3-4-12-5-7-13(15-2)8-6-12/h3-10H,1-2H3. The molecule has 2 heteroatoms. The van der Waals surface area contributed by atoms with E-state index in [0.717, 1.165) is 23.2 Å². The molecule has 0 aliphatic carbocycles. The van der Waals surface area contributed by atoms with Gasteiger partial charge in [-0.1, -0.05) is 24.3 Å². The molecular formula is C13H14O2. The van der Waals surface area contributed by atoms with Crippen LogP contribution in [0.15, 0.2) is 42.0 Å². The number of carbonyl (C=O) groups is 1. The summed E-state index contributed by atoms with van der Waals surface area (Å²) >= 11 is 0. The Morgan fingerprint density at radius 2 is 1.93 bits per heavy atom. The second kappa shape index (κ2) is 5.81. The van der Waals surface area contributed by atoms with Gasteiger partial charge in [0, 0.05) is 0 Å². The largest absolute Gasteiger partial charge is 0.497 e. The van der Waals surface area contributed by atoms with Crippen molar-refractivity contribution in [2.75, 3.05) is 7.11 Å². The molecule has 0 aromatic heterocycles. The van der Waals surface area contributed by atoms with E-state index in [1.165, 1.54) is 6.08 Å². The summed E-state index contributed by atoms with van der Waals surface area (Å²) < 4.78 is 5.05. The Morgan fingerprint density at radius 1 is 1.27 bits per heavy atom. The fraction of sp³-hybridized carbons (Fsp3) is 0.154. The maximum Gasteiger partial charge on any atom is 0.143 e. The van der Waals surface area contributed by atoms with E-state index in [1.54, 1.807) is 7.11 Å². The summed E-state index contributed by atoms with van der Waals surface area (Å²) in [5.74, 6) is 0.840. The highest BCUT2D eigenvalue weighted by atomic mass is 16.5. The van der Waals surface area contributed by atoms with Crippen molar-refractivity contribution in [1.29, 1.82) is 0 Å². The fourth-order valence-corrected chi connectivity index (χ4v) is 1.11. The van der Waals surface area contributed by atoms with Gasteiger partial charge in [-0.15, -0.1) is 0 Å². The van der Waals surface area contributed by atoms with Gasteiger partial charge in [0.1, 0.15) is 12.0 Å². The lowest BCUT2D eigenvalue weighted by molar-refractivity contribution is -0.104. The van der Waals surface area contributed by atoms with Crippen molar-refractivity contribution in [3.63, 3.8) is 0 Å². The third-order valence-electron chi connectivity index (χ3n) is 1.99. The number of aldehydes is 1. The van der Waals surface area contributed by atoms with Crippen molar-refractivity contribution >= 4 is 12.4 Å². The van der Waals surface area contributed by atoms with Gasteiger partial charge in [0.2, 0.25) is 0 Å². The van der Waals surface area contributed by atoms with Crippen molar-refractivity contribution < 1.29 is 9.53 Å². The Labute approximate surface area is 89.9 Å². The van der Waals surface area contributed by atoms with Crippen LogP contribution in [0.3, 0.4) is 0 Å². The van der Waals surface area contributed by atoms with Crippen LogP contribution in [-0.2, 0) is 4.79 Å². The second-order valence-electron chi connectivity index (χ2n) is 3.15. The first-order valence-electron chi connectivity index (χ1n) is 4.70. The second-order valence-corrected chi connectivity index (χ2v) is 3.15. The molecule has 0 radical (unpaired) electrons. The molecule has 0 aliphatic heterocycles. The van der Waals surface area contributed by atoms with Gasteiger partial charge >= 0.3 is 0 Å². The van der Waals surface area contributed by atoms with Crippen LogP contribution in [0.1, 0.15) is 12.5 Å². The molecule has 78 valence electrons. The number of allylic oxidation sites excluding steroid dienone is 3. The van der Waals surface area contributed by atoms with E-state index in [-0.39, 0.29) is 0 Å². The van der Waals surface area contributed by atoms with E-state index in [0.29, 0.717) is 0 Å². The Balaban J connectivity index is 2.72. The molecule has 0 atom stereocenters. The zero-order valence-corrected chi connectivity index (χ0v) is 8.94. The smallest absolute Gasteiger partial charge is 0.143 e. The first kappa shape index (κ1) is 11.2. The first-order valence-corrected chi connectivity index (χ1v) is 4.70. The summed E-state index contributed by atoms with van der Waals surface area (Å²) in [4.78, 5) is 10.2. The molecule has 1 aromatic carbocycles. The lowest BCUT2D eigenvalue weighted by Crippen LogP contribution is -1.81. The molecule has 0 saturated carbocycles. The SMILES string of the molecule is COc1ccc(C=CC(C)=CC=O)cc1. The van der Waals surface area contributed by atoms with Gasteiger partial charge in [0.05, 0.1) is 7.11 Å². The molecule has 15 heavy (non-hydrogen) atoms. The highest BCUT2D eigenvalue weighted by molar-refractivity contribution is 5.68. The Morgan fingerprint density at radius 3 is 2.47 bits per heavy atom. The first-order chi connectivity index (χ1) is 7.26. The predicted molar refractivity (Wildman–Crippen MR) is 61.8 cm³/mol. The van der Waals surface area contributed by atoms with Gasteiger partial charge in [0.25, 0.3) is 0 Å². The number of hydrogen-bond donors (Lipinski definition) is 0. The monoisotopic (exact) mass is 202 g/mol. The Kier molecular flexibility index (Phi) is 4.35. The topological polar surface area (TPSA) is 26.3 Å². The number of carbonyl (C=O) groups excluding carboxylic acids is 1. The fourth-order valence-electron chi connectivity index (χ4n) is 1.11. The van der Waals surface area contributed by atoms with Crippen LogP contribution >= 0.6 is 0 Å². The molecule has 0 N–H and O–H groups in total. The minimum absolute atomic E-state index is 0.785. The summed E-state index contributed by atoms with van der Waals surface area (Å²) in [6.07, 6.45) is 6.17. The Bertz CT molecular complexity index is 372. The van der Waals surface area contributed by atoms with Crippen molar-refractivity contribution in [2.24, 2.45) is 0 Å². The minimum Gasteiger partial charge on any atom is -0.497 e. The van der Waals surface area contributed by atoms with Crippen molar-refractivity contribution in [3.05, 3.63) is 47.6 Å². The average molecular weight is 202 g/mol. The summed E-state index contributed by atoms with van der Waals surface area (Å²) in [5, 5.41) is 0. The van der Waals surface area contributed by atoms with E-state index >= 15 is 0 Å². The van der Waals surface area contributed by atoms with Gasteiger partial charge in [-0.25, -0.2) is 0 Å². The number of benzene rings is 1. The molecule has 1 rings (SSSR count). The van der Waals surface area contributed by atoms with Crippen molar-refractivity contribution in [3.8, 4) is 5.75 Å². The summed E-state index contributed by atoms with van der Waals surface area (Å²) in [6, 6.07) is 7.73. The van der Waals surface area contributed by atoms with E-state index in [2.05, 4.69) is 0 Å². The third-order valence-corrected chi connectivity index (χ3v) is 1.99. The molecular weight excluding hydrogens is 188 g/mol. The minimum atomic E-state index is 0.785. The van der Waals surface area contributed by atoms with Gasteiger partial charge in [0.15, 0.2) is 0 Å². The molecule has 0 aliphatic rings. The van der Waals surface area contributed by atoms with E-state index < -0.39 is 0 Å². The third kappa shape index (κ3) is 3.81. The summed E-state index contributed by atoms with van der Waals surface area (Å²) in [5.41, 5.74) is 2.01.